The van der Waals surface area contributed by atoms with Gasteiger partial charge in [0.05, 0.1) is 0 Å². The standard InChI is InChI=1S/C23H27FN2OS.ClH/c24-20-8-4-5-9-21(20)28-22(18-6-2-1-3-7-18)23(27)26-14-12-19(13-15-26)25-16-17-10-11-17;/h1-9,17,19,22,25H,10-16H2;1H. The van der Waals surface area contributed by atoms with E-state index < -0.39 is 5.25 Å². The van der Waals surface area contributed by atoms with E-state index in [4.69, 9.17) is 0 Å². The quantitative estimate of drug-likeness (QED) is 0.617. The Balaban J connectivity index is 0.00000240. The maximum absolute atomic E-state index is 14.2. The number of thioether (sulfide) groups is 1. The van der Waals surface area contributed by atoms with Gasteiger partial charge < -0.3 is 10.2 Å². The summed E-state index contributed by atoms with van der Waals surface area (Å²) in [4.78, 5) is 15.8. The molecule has 4 rings (SSSR count). The summed E-state index contributed by atoms with van der Waals surface area (Å²) >= 11 is 1.31. The second-order valence-corrected chi connectivity index (χ2v) is 8.94. The van der Waals surface area contributed by atoms with Crippen LogP contribution in [0.4, 0.5) is 4.39 Å². The van der Waals surface area contributed by atoms with Gasteiger partial charge in [-0.05, 0) is 55.8 Å². The Bertz CT molecular complexity index is 794. The molecule has 1 atom stereocenters. The number of halogens is 2. The minimum atomic E-state index is -0.422. The van der Waals surface area contributed by atoms with Crippen molar-refractivity contribution in [3.63, 3.8) is 0 Å². The summed E-state index contributed by atoms with van der Waals surface area (Å²) in [6.07, 6.45) is 4.70. The van der Waals surface area contributed by atoms with Crippen molar-refractivity contribution in [2.45, 2.75) is 41.9 Å². The average molecular weight is 435 g/mol. The van der Waals surface area contributed by atoms with Gasteiger partial charge in [0.1, 0.15) is 11.1 Å². The number of nitrogens with zero attached hydrogens (tertiary/aromatic N) is 1. The number of hydrogen-bond acceptors (Lipinski definition) is 3. The van der Waals surface area contributed by atoms with Gasteiger partial charge in [0.15, 0.2) is 0 Å². The zero-order chi connectivity index (χ0) is 19.3. The molecule has 29 heavy (non-hydrogen) atoms. The average Bonchev–Trinajstić information content (AvgIpc) is 3.57. The number of carbonyl (C=O) groups is 1. The molecule has 1 aliphatic heterocycles. The molecular weight excluding hydrogens is 407 g/mol. The van der Waals surface area contributed by atoms with Gasteiger partial charge in [0.2, 0.25) is 5.91 Å². The zero-order valence-electron chi connectivity index (χ0n) is 16.4. The molecule has 2 aliphatic rings. The van der Waals surface area contributed by atoms with Crippen LogP contribution in [-0.2, 0) is 4.79 Å². The molecule has 2 aromatic carbocycles. The van der Waals surface area contributed by atoms with Crippen molar-refractivity contribution in [2.75, 3.05) is 19.6 Å². The molecule has 3 nitrogen and oxygen atoms in total. The first-order valence-corrected chi connectivity index (χ1v) is 11.1. The molecule has 6 heteroatoms. The Morgan fingerprint density at radius 2 is 1.69 bits per heavy atom. The van der Waals surface area contributed by atoms with E-state index in [1.54, 1.807) is 12.1 Å². The third-order valence-electron chi connectivity index (χ3n) is 5.61. The van der Waals surface area contributed by atoms with Crippen LogP contribution >= 0.6 is 24.2 Å². The number of nitrogens with one attached hydrogen (secondary N) is 1. The summed E-state index contributed by atoms with van der Waals surface area (Å²) in [6, 6.07) is 16.9. The highest BCUT2D eigenvalue weighted by atomic mass is 35.5. The van der Waals surface area contributed by atoms with Crippen molar-refractivity contribution in [1.82, 2.24) is 10.2 Å². The van der Waals surface area contributed by atoms with Gasteiger partial charge in [0, 0.05) is 24.0 Å². The van der Waals surface area contributed by atoms with Gasteiger partial charge in [-0.3, -0.25) is 4.79 Å². The maximum atomic E-state index is 14.2. The molecule has 156 valence electrons. The van der Waals surface area contributed by atoms with Crippen molar-refractivity contribution in [3.8, 4) is 0 Å². The number of amides is 1. The Morgan fingerprint density at radius 3 is 2.34 bits per heavy atom. The molecule has 0 bridgehead atoms. The molecule has 1 saturated heterocycles. The lowest BCUT2D eigenvalue weighted by atomic mass is 10.0. The van der Waals surface area contributed by atoms with E-state index in [0.29, 0.717) is 10.9 Å². The summed E-state index contributed by atoms with van der Waals surface area (Å²) < 4.78 is 14.2. The number of rotatable bonds is 7. The van der Waals surface area contributed by atoms with Crippen LogP contribution in [0.2, 0.25) is 0 Å². The molecule has 2 fully saturated rings. The Labute approximate surface area is 182 Å². The smallest absolute Gasteiger partial charge is 0.240 e. The van der Waals surface area contributed by atoms with Gasteiger partial charge in [-0.2, -0.15) is 0 Å². The van der Waals surface area contributed by atoms with Crippen LogP contribution in [0, 0.1) is 11.7 Å². The van der Waals surface area contributed by atoms with Crippen LogP contribution in [0.3, 0.4) is 0 Å². The molecule has 0 aromatic heterocycles. The van der Waals surface area contributed by atoms with Crippen LogP contribution in [0.1, 0.15) is 36.5 Å². The van der Waals surface area contributed by atoms with Gasteiger partial charge in [-0.15, -0.1) is 24.2 Å². The summed E-state index contributed by atoms with van der Waals surface area (Å²) in [5.41, 5.74) is 0.926. The predicted octanol–water partition coefficient (Wildman–Crippen LogP) is 5.07. The van der Waals surface area contributed by atoms with Crippen LogP contribution in [0.5, 0.6) is 0 Å². The highest BCUT2D eigenvalue weighted by Gasteiger charge is 2.31. The fraction of sp³-hybridized carbons (Fsp3) is 0.435. The molecule has 1 saturated carbocycles. The predicted molar refractivity (Wildman–Crippen MR) is 119 cm³/mol. The molecule has 1 unspecified atom stereocenters. The summed E-state index contributed by atoms with van der Waals surface area (Å²) in [7, 11) is 0. The lowest BCUT2D eigenvalue weighted by Crippen LogP contribution is -2.46. The number of piperidine rings is 1. The van der Waals surface area contributed by atoms with Crippen molar-refractivity contribution >= 4 is 30.1 Å². The lowest BCUT2D eigenvalue weighted by molar-refractivity contribution is -0.131. The van der Waals surface area contributed by atoms with Gasteiger partial charge in [-0.25, -0.2) is 4.39 Å². The molecule has 1 N–H and O–H groups in total. The Morgan fingerprint density at radius 1 is 1.03 bits per heavy atom. The SMILES string of the molecule is Cl.O=C(C(Sc1ccccc1F)c1ccccc1)N1CCC(NCC2CC2)CC1. The number of likely N-dealkylation sites (tertiary alicyclic amines) is 1. The van der Waals surface area contributed by atoms with Crippen LogP contribution in [0.25, 0.3) is 0 Å². The van der Waals surface area contributed by atoms with Gasteiger partial charge >= 0.3 is 0 Å². The molecule has 2 aromatic rings. The van der Waals surface area contributed by atoms with E-state index >= 15 is 0 Å². The molecule has 1 amide bonds. The summed E-state index contributed by atoms with van der Waals surface area (Å²) in [5, 5.41) is 3.24. The topological polar surface area (TPSA) is 32.3 Å². The van der Waals surface area contributed by atoms with Crippen molar-refractivity contribution < 1.29 is 9.18 Å². The van der Waals surface area contributed by atoms with E-state index in [2.05, 4.69) is 5.32 Å². The lowest BCUT2D eigenvalue weighted by Gasteiger charge is -2.34. The van der Waals surface area contributed by atoms with Crippen molar-refractivity contribution in [1.29, 1.82) is 0 Å². The van der Waals surface area contributed by atoms with E-state index in [0.717, 1.165) is 44.0 Å². The van der Waals surface area contributed by atoms with Crippen molar-refractivity contribution in [2.24, 2.45) is 5.92 Å². The van der Waals surface area contributed by atoms with Crippen LogP contribution < -0.4 is 5.32 Å². The van der Waals surface area contributed by atoms with E-state index in [9.17, 15) is 9.18 Å². The normalized spacial score (nSPS) is 18.2. The van der Waals surface area contributed by atoms with Crippen molar-refractivity contribution in [3.05, 3.63) is 66.0 Å². The minimum absolute atomic E-state index is 0. The molecule has 1 heterocycles. The number of hydrogen-bond donors (Lipinski definition) is 1. The highest BCUT2D eigenvalue weighted by Crippen LogP contribution is 2.38. The fourth-order valence-corrected chi connectivity index (χ4v) is 4.82. The third kappa shape index (κ3) is 5.97. The zero-order valence-corrected chi connectivity index (χ0v) is 18.1. The third-order valence-corrected chi connectivity index (χ3v) is 6.90. The Kier molecular flexibility index (Phi) is 7.99. The van der Waals surface area contributed by atoms with Crippen LogP contribution in [0.15, 0.2) is 59.5 Å². The number of carbonyl (C=O) groups excluding carboxylic acids is 1. The first-order chi connectivity index (χ1) is 13.7. The molecule has 0 radical (unpaired) electrons. The number of benzene rings is 2. The summed E-state index contributed by atoms with van der Waals surface area (Å²) in [6.45, 7) is 2.65. The first-order valence-electron chi connectivity index (χ1n) is 10.2. The van der Waals surface area contributed by atoms with E-state index in [-0.39, 0.29) is 24.1 Å². The monoisotopic (exact) mass is 434 g/mol. The first kappa shape index (κ1) is 22.1. The molecular formula is C23H28ClFN2OS. The fourth-order valence-electron chi connectivity index (χ4n) is 3.68. The van der Waals surface area contributed by atoms with Gasteiger partial charge in [-0.1, -0.05) is 42.5 Å². The van der Waals surface area contributed by atoms with E-state index in [1.165, 1.54) is 30.7 Å². The minimum Gasteiger partial charge on any atom is -0.341 e. The maximum Gasteiger partial charge on any atom is 0.240 e. The highest BCUT2D eigenvalue weighted by molar-refractivity contribution is 8.00. The van der Waals surface area contributed by atoms with Crippen LogP contribution in [-0.4, -0.2) is 36.5 Å². The van der Waals surface area contributed by atoms with E-state index in [1.807, 2.05) is 41.3 Å². The second kappa shape index (κ2) is 10.5. The second-order valence-electron chi connectivity index (χ2n) is 7.79. The molecule has 0 spiro atoms. The summed E-state index contributed by atoms with van der Waals surface area (Å²) in [5.74, 6) is 0.684. The molecule has 1 aliphatic carbocycles. The largest absolute Gasteiger partial charge is 0.341 e. The van der Waals surface area contributed by atoms with Gasteiger partial charge in [0.25, 0.3) is 0 Å². The Hall–Kier alpha value is -1.56.